The van der Waals surface area contributed by atoms with Crippen molar-refractivity contribution in [2.45, 2.75) is 44.6 Å². The minimum absolute atomic E-state index is 0.159. The molecule has 5 heteroatoms. The summed E-state index contributed by atoms with van der Waals surface area (Å²) in [6.45, 7) is 3.02. The van der Waals surface area contributed by atoms with Crippen molar-refractivity contribution in [3.05, 3.63) is 0 Å². The van der Waals surface area contributed by atoms with Crippen LogP contribution in [-0.2, 0) is 0 Å². The average Bonchev–Trinajstić information content (AvgIpc) is 2.29. The molecule has 2 atom stereocenters. The largest absolute Gasteiger partial charge is 0.409 e. The molecule has 1 rings (SSSR count). The molecule has 16 heavy (non-hydrogen) atoms. The summed E-state index contributed by atoms with van der Waals surface area (Å²) >= 11 is 0. The molecule has 0 amide bonds. The number of aliphatic hydroxyl groups is 1. The van der Waals surface area contributed by atoms with E-state index in [0.717, 1.165) is 19.3 Å². The number of aliphatic hydroxyl groups excluding tert-OH is 1. The van der Waals surface area contributed by atoms with E-state index in [1.807, 2.05) is 0 Å². The van der Waals surface area contributed by atoms with Crippen molar-refractivity contribution >= 4 is 5.84 Å². The van der Waals surface area contributed by atoms with E-state index in [1.165, 1.54) is 6.42 Å². The number of hydrogen-bond donors (Lipinski definition) is 4. The molecule has 0 aromatic heterocycles. The zero-order valence-electron chi connectivity index (χ0n) is 9.95. The lowest BCUT2D eigenvalue weighted by Crippen LogP contribution is -2.52. The maximum atomic E-state index is 9.51. The molecule has 5 N–H and O–H groups in total. The van der Waals surface area contributed by atoms with E-state index in [9.17, 15) is 5.11 Å². The number of oxime groups is 1. The molecule has 0 spiro atoms. The predicted octanol–water partition coefficient (Wildman–Crippen LogP) is 0.654. The Balaban J connectivity index is 2.41. The normalized spacial score (nSPS) is 31.6. The van der Waals surface area contributed by atoms with Crippen LogP contribution in [0.2, 0.25) is 0 Å². The van der Waals surface area contributed by atoms with Gasteiger partial charge in [-0.25, -0.2) is 0 Å². The zero-order valence-corrected chi connectivity index (χ0v) is 9.95. The minimum Gasteiger partial charge on any atom is -0.409 e. The third kappa shape index (κ3) is 3.64. The molecule has 0 bridgehead atoms. The first-order valence-electron chi connectivity index (χ1n) is 5.94. The van der Waals surface area contributed by atoms with E-state index in [1.54, 1.807) is 0 Å². The average molecular weight is 229 g/mol. The van der Waals surface area contributed by atoms with Crippen molar-refractivity contribution in [3.63, 3.8) is 0 Å². The molecule has 94 valence electrons. The molecular formula is C11H23N3O2. The van der Waals surface area contributed by atoms with Crippen molar-refractivity contribution in [3.8, 4) is 0 Å². The van der Waals surface area contributed by atoms with Crippen LogP contribution in [0.15, 0.2) is 5.16 Å². The van der Waals surface area contributed by atoms with Gasteiger partial charge in [-0.1, -0.05) is 24.9 Å². The lowest BCUT2D eigenvalue weighted by atomic mass is 9.77. The first kappa shape index (κ1) is 13.3. The fourth-order valence-electron chi connectivity index (χ4n) is 2.53. The highest BCUT2D eigenvalue weighted by atomic mass is 16.4. The Labute approximate surface area is 96.7 Å². The molecule has 0 radical (unpaired) electrons. The highest BCUT2D eigenvalue weighted by Gasteiger charge is 2.33. The van der Waals surface area contributed by atoms with Crippen molar-refractivity contribution in [1.82, 2.24) is 5.32 Å². The maximum absolute atomic E-state index is 9.51. The van der Waals surface area contributed by atoms with Crippen LogP contribution < -0.4 is 11.1 Å². The number of nitrogens with zero attached hydrogens (tertiary/aromatic N) is 1. The number of amidine groups is 1. The Hall–Kier alpha value is -0.810. The van der Waals surface area contributed by atoms with Crippen LogP contribution in [0.1, 0.15) is 39.0 Å². The Kier molecular flexibility index (Phi) is 5.02. The van der Waals surface area contributed by atoms with Gasteiger partial charge >= 0.3 is 0 Å². The Morgan fingerprint density at radius 1 is 1.62 bits per heavy atom. The van der Waals surface area contributed by atoms with E-state index in [4.69, 9.17) is 10.9 Å². The van der Waals surface area contributed by atoms with Gasteiger partial charge in [-0.3, -0.25) is 0 Å². The van der Waals surface area contributed by atoms with Crippen molar-refractivity contribution in [2.24, 2.45) is 16.8 Å². The topological polar surface area (TPSA) is 90.9 Å². The molecule has 1 fully saturated rings. The number of nitrogens with two attached hydrogens (primary N) is 1. The van der Waals surface area contributed by atoms with Gasteiger partial charge in [-0.2, -0.15) is 0 Å². The lowest BCUT2D eigenvalue weighted by Gasteiger charge is -2.39. The highest BCUT2D eigenvalue weighted by Crippen LogP contribution is 2.31. The van der Waals surface area contributed by atoms with Crippen LogP contribution in [0, 0.1) is 5.92 Å². The second kappa shape index (κ2) is 6.06. The van der Waals surface area contributed by atoms with Crippen LogP contribution >= 0.6 is 0 Å². The van der Waals surface area contributed by atoms with Crippen molar-refractivity contribution in [1.29, 1.82) is 0 Å². The van der Waals surface area contributed by atoms with E-state index < -0.39 is 0 Å². The van der Waals surface area contributed by atoms with Crippen molar-refractivity contribution in [2.75, 3.05) is 13.2 Å². The van der Waals surface area contributed by atoms with Gasteiger partial charge in [-0.15, -0.1) is 0 Å². The molecule has 0 aromatic rings. The molecule has 0 aromatic carbocycles. The SMILES string of the molecule is CC1CCCC(CO)(NCCC(N)=NO)C1. The lowest BCUT2D eigenvalue weighted by molar-refractivity contribution is 0.101. The third-order valence-electron chi connectivity index (χ3n) is 3.40. The molecule has 1 aliphatic carbocycles. The Morgan fingerprint density at radius 2 is 2.38 bits per heavy atom. The molecular weight excluding hydrogens is 206 g/mol. The molecule has 2 unspecified atom stereocenters. The second-order valence-corrected chi connectivity index (χ2v) is 4.91. The molecule has 0 aliphatic heterocycles. The molecule has 1 saturated carbocycles. The number of nitrogens with one attached hydrogen (secondary N) is 1. The van der Waals surface area contributed by atoms with Gasteiger partial charge in [0.25, 0.3) is 0 Å². The summed E-state index contributed by atoms with van der Waals surface area (Å²) in [5.41, 5.74) is 5.24. The molecule has 1 aliphatic rings. The van der Waals surface area contributed by atoms with E-state index >= 15 is 0 Å². The van der Waals surface area contributed by atoms with Crippen LogP contribution in [0.4, 0.5) is 0 Å². The van der Waals surface area contributed by atoms with Crippen LogP contribution in [0.25, 0.3) is 0 Å². The quantitative estimate of drug-likeness (QED) is 0.241. The molecule has 5 nitrogen and oxygen atoms in total. The summed E-state index contributed by atoms with van der Waals surface area (Å²) < 4.78 is 0. The van der Waals surface area contributed by atoms with Crippen LogP contribution in [-0.4, -0.2) is 34.8 Å². The highest BCUT2D eigenvalue weighted by molar-refractivity contribution is 5.79. The molecule has 0 heterocycles. The van der Waals surface area contributed by atoms with Gasteiger partial charge in [0.2, 0.25) is 0 Å². The summed E-state index contributed by atoms with van der Waals surface area (Å²) in [6, 6.07) is 0. The maximum Gasteiger partial charge on any atom is 0.140 e. The monoisotopic (exact) mass is 229 g/mol. The van der Waals surface area contributed by atoms with Crippen LogP contribution in [0.3, 0.4) is 0 Å². The summed E-state index contributed by atoms with van der Waals surface area (Å²) in [7, 11) is 0. The number of hydrogen-bond acceptors (Lipinski definition) is 4. The standard InChI is InChI=1S/C11H23N3O2/c1-9-3-2-5-11(7-9,8-15)13-6-4-10(12)14-16/h9,13,15-16H,2-8H2,1H3,(H2,12,14). The zero-order chi connectivity index (χ0) is 12.0. The summed E-state index contributed by atoms with van der Waals surface area (Å²) in [4.78, 5) is 0. The fourth-order valence-corrected chi connectivity index (χ4v) is 2.53. The van der Waals surface area contributed by atoms with Gasteiger partial charge in [0.1, 0.15) is 5.84 Å². The van der Waals surface area contributed by atoms with Crippen LogP contribution in [0.5, 0.6) is 0 Å². The summed E-state index contributed by atoms with van der Waals surface area (Å²) in [5.74, 6) is 0.877. The number of rotatable bonds is 5. The first-order valence-corrected chi connectivity index (χ1v) is 5.94. The first-order chi connectivity index (χ1) is 7.62. The van der Waals surface area contributed by atoms with E-state index in [0.29, 0.717) is 18.9 Å². The second-order valence-electron chi connectivity index (χ2n) is 4.91. The Morgan fingerprint density at radius 3 is 2.94 bits per heavy atom. The predicted molar refractivity (Wildman–Crippen MR) is 63.5 cm³/mol. The van der Waals surface area contributed by atoms with E-state index in [-0.39, 0.29) is 18.0 Å². The van der Waals surface area contributed by atoms with Gasteiger partial charge in [0, 0.05) is 18.5 Å². The minimum atomic E-state index is -0.159. The van der Waals surface area contributed by atoms with Crippen molar-refractivity contribution < 1.29 is 10.3 Å². The fraction of sp³-hybridized carbons (Fsp3) is 0.909. The Bertz CT molecular complexity index is 245. The van der Waals surface area contributed by atoms with Gasteiger partial charge in [0.15, 0.2) is 0 Å². The van der Waals surface area contributed by atoms with Gasteiger partial charge < -0.3 is 21.4 Å². The van der Waals surface area contributed by atoms with E-state index in [2.05, 4.69) is 17.4 Å². The van der Waals surface area contributed by atoms with Gasteiger partial charge in [0.05, 0.1) is 6.61 Å². The smallest absolute Gasteiger partial charge is 0.140 e. The third-order valence-corrected chi connectivity index (χ3v) is 3.40. The summed E-state index contributed by atoms with van der Waals surface area (Å²) in [6.07, 6.45) is 4.90. The summed E-state index contributed by atoms with van der Waals surface area (Å²) in [5, 5.41) is 24.2. The van der Waals surface area contributed by atoms with Gasteiger partial charge in [-0.05, 0) is 18.8 Å². The molecule has 0 saturated heterocycles.